The van der Waals surface area contributed by atoms with Gasteiger partial charge in [0.25, 0.3) is 0 Å². The van der Waals surface area contributed by atoms with Crippen LogP contribution in [0.4, 0.5) is 0 Å². The molecule has 0 amide bonds. The van der Waals surface area contributed by atoms with Gasteiger partial charge in [-0.15, -0.1) is 0 Å². The maximum atomic E-state index is 12.3. The third-order valence-corrected chi connectivity index (χ3v) is 5.16. The quantitative estimate of drug-likeness (QED) is 0.791. The molecular formula is C17H24O3. The molecular weight excluding hydrogens is 252 g/mol. The third-order valence-electron chi connectivity index (χ3n) is 5.16. The highest BCUT2D eigenvalue weighted by molar-refractivity contribution is 5.79. The Morgan fingerprint density at radius 2 is 1.90 bits per heavy atom. The van der Waals surface area contributed by atoms with Crippen molar-refractivity contribution in [2.75, 3.05) is 14.2 Å². The van der Waals surface area contributed by atoms with Crippen LogP contribution < -0.4 is 4.74 Å². The first kappa shape index (κ1) is 14.9. The summed E-state index contributed by atoms with van der Waals surface area (Å²) < 4.78 is 10.6. The zero-order valence-corrected chi connectivity index (χ0v) is 13.1. The Morgan fingerprint density at radius 3 is 2.50 bits per heavy atom. The predicted molar refractivity (Wildman–Crippen MR) is 79.1 cm³/mol. The van der Waals surface area contributed by atoms with Gasteiger partial charge in [-0.2, -0.15) is 0 Å². The highest BCUT2D eigenvalue weighted by Crippen LogP contribution is 2.56. The fraction of sp³-hybridized carbons (Fsp3) is 0.588. The van der Waals surface area contributed by atoms with Crippen molar-refractivity contribution in [3.63, 3.8) is 0 Å². The average molecular weight is 276 g/mol. The smallest absolute Gasteiger partial charge is 0.312 e. The van der Waals surface area contributed by atoms with E-state index in [0.717, 1.165) is 30.6 Å². The molecule has 0 radical (unpaired) electrons. The Balaban J connectivity index is 2.59. The fourth-order valence-corrected chi connectivity index (χ4v) is 3.58. The number of ether oxygens (including phenoxy) is 2. The van der Waals surface area contributed by atoms with E-state index in [-0.39, 0.29) is 11.4 Å². The monoisotopic (exact) mass is 276 g/mol. The van der Waals surface area contributed by atoms with E-state index in [1.54, 1.807) is 7.11 Å². The standard InChI is InChI=1S/C17H24O3/c1-12-7-8-14(19-4)13(11-12)16(2)9-6-10-17(16,3)15(18)20-5/h7-8,11H,6,9-10H2,1-5H3/t16-,17-/m0/s1. The lowest BCUT2D eigenvalue weighted by Gasteiger charge is -2.40. The van der Waals surface area contributed by atoms with Crippen molar-refractivity contribution in [2.24, 2.45) is 5.41 Å². The number of carbonyl (C=O) groups is 1. The molecule has 0 N–H and O–H groups in total. The van der Waals surface area contributed by atoms with E-state index in [9.17, 15) is 4.79 Å². The van der Waals surface area contributed by atoms with Gasteiger partial charge in [-0.1, -0.05) is 31.0 Å². The molecule has 0 aromatic heterocycles. The van der Waals surface area contributed by atoms with Crippen LogP contribution in [0.15, 0.2) is 18.2 Å². The minimum atomic E-state index is -0.497. The lowest BCUT2D eigenvalue weighted by Crippen LogP contribution is -2.43. The largest absolute Gasteiger partial charge is 0.496 e. The molecule has 0 bridgehead atoms. The van der Waals surface area contributed by atoms with E-state index in [1.165, 1.54) is 12.7 Å². The zero-order valence-electron chi connectivity index (χ0n) is 13.1. The second-order valence-electron chi connectivity index (χ2n) is 6.21. The van der Waals surface area contributed by atoms with Crippen LogP contribution >= 0.6 is 0 Å². The molecule has 1 fully saturated rings. The number of benzene rings is 1. The molecule has 0 aliphatic heterocycles. The van der Waals surface area contributed by atoms with Gasteiger partial charge >= 0.3 is 5.97 Å². The topological polar surface area (TPSA) is 35.5 Å². The number of aryl methyl sites for hydroxylation is 1. The summed E-state index contributed by atoms with van der Waals surface area (Å²) in [7, 11) is 3.15. The highest BCUT2D eigenvalue weighted by atomic mass is 16.5. The van der Waals surface area contributed by atoms with Gasteiger partial charge in [0.2, 0.25) is 0 Å². The Bertz CT molecular complexity index is 523. The predicted octanol–water partition coefficient (Wildman–Crippen LogP) is 3.62. The summed E-state index contributed by atoms with van der Waals surface area (Å²) in [4.78, 5) is 12.3. The average Bonchev–Trinajstić information content (AvgIpc) is 2.76. The van der Waals surface area contributed by atoms with Crippen molar-refractivity contribution < 1.29 is 14.3 Å². The van der Waals surface area contributed by atoms with Gasteiger partial charge < -0.3 is 9.47 Å². The van der Waals surface area contributed by atoms with Crippen LogP contribution in [0.1, 0.15) is 44.2 Å². The van der Waals surface area contributed by atoms with E-state index >= 15 is 0 Å². The van der Waals surface area contributed by atoms with Crippen LogP contribution in [-0.4, -0.2) is 20.2 Å². The van der Waals surface area contributed by atoms with Gasteiger partial charge in [0.1, 0.15) is 5.75 Å². The molecule has 20 heavy (non-hydrogen) atoms. The summed E-state index contributed by atoms with van der Waals surface area (Å²) in [6, 6.07) is 6.17. The molecule has 1 saturated carbocycles. The Hall–Kier alpha value is -1.51. The maximum Gasteiger partial charge on any atom is 0.312 e. The summed E-state index contributed by atoms with van der Waals surface area (Å²) in [5.41, 5.74) is 1.55. The van der Waals surface area contributed by atoms with E-state index < -0.39 is 5.41 Å². The van der Waals surface area contributed by atoms with Crippen molar-refractivity contribution in [3.05, 3.63) is 29.3 Å². The lowest BCUT2D eigenvalue weighted by atomic mass is 9.63. The zero-order chi connectivity index (χ0) is 15.0. The minimum absolute atomic E-state index is 0.124. The number of carbonyl (C=O) groups excluding carboxylic acids is 1. The summed E-state index contributed by atoms with van der Waals surface area (Å²) in [5, 5.41) is 0. The summed E-state index contributed by atoms with van der Waals surface area (Å²) in [6.45, 7) is 6.25. The normalized spacial score (nSPS) is 29.2. The van der Waals surface area contributed by atoms with Gasteiger partial charge in [-0.25, -0.2) is 0 Å². The molecule has 2 rings (SSSR count). The van der Waals surface area contributed by atoms with Crippen molar-refractivity contribution in [2.45, 2.75) is 45.4 Å². The molecule has 0 saturated heterocycles. The maximum absolute atomic E-state index is 12.3. The van der Waals surface area contributed by atoms with Crippen LogP contribution in [0.2, 0.25) is 0 Å². The van der Waals surface area contributed by atoms with E-state index in [4.69, 9.17) is 9.47 Å². The first-order valence-corrected chi connectivity index (χ1v) is 7.12. The van der Waals surface area contributed by atoms with Crippen molar-refractivity contribution in [1.82, 2.24) is 0 Å². The third kappa shape index (κ3) is 2.00. The molecule has 1 aromatic carbocycles. The first-order valence-electron chi connectivity index (χ1n) is 7.12. The molecule has 110 valence electrons. The fourth-order valence-electron chi connectivity index (χ4n) is 3.58. The molecule has 1 aromatic rings. The first-order chi connectivity index (χ1) is 9.39. The van der Waals surface area contributed by atoms with Crippen molar-refractivity contribution in [1.29, 1.82) is 0 Å². The second-order valence-corrected chi connectivity index (χ2v) is 6.21. The van der Waals surface area contributed by atoms with Crippen LogP contribution in [0.5, 0.6) is 5.75 Å². The molecule has 1 aliphatic rings. The van der Waals surface area contributed by atoms with Crippen LogP contribution in [-0.2, 0) is 14.9 Å². The Kier molecular flexibility index (Phi) is 3.81. The summed E-state index contributed by atoms with van der Waals surface area (Å²) >= 11 is 0. The van der Waals surface area contributed by atoms with Gasteiger partial charge in [-0.3, -0.25) is 4.79 Å². The SMILES string of the molecule is COC(=O)[C@]1(C)CCC[C@@]1(C)c1cc(C)ccc1OC. The number of esters is 1. The van der Waals surface area contributed by atoms with Crippen LogP contribution in [0, 0.1) is 12.3 Å². The summed E-state index contributed by atoms with van der Waals surface area (Å²) in [5.74, 6) is 0.733. The molecule has 0 spiro atoms. The Labute approximate surface area is 121 Å². The number of hydrogen-bond donors (Lipinski definition) is 0. The van der Waals surface area contributed by atoms with Gasteiger partial charge in [0, 0.05) is 11.0 Å². The molecule has 1 aliphatic carbocycles. The van der Waals surface area contributed by atoms with Gasteiger partial charge in [0.15, 0.2) is 0 Å². The number of methoxy groups -OCH3 is 2. The molecule has 3 nitrogen and oxygen atoms in total. The number of rotatable bonds is 3. The van der Waals surface area contributed by atoms with Crippen molar-refractivity contribution >= 4 is 5.97 Å². The lowest BCUT2D eigenvalue weighted by molar-refractivity contribution is -0.154. The summed E-state index contributed by atoms with van der Waals surface area (Å²) in [6.07, 6.45) is 2.85. The highest BCUT2D eigenvalue weighted by Gasteiger charge is 2.56. The van der Waals surface area contributed by atoms with Gasteiger partial charge in [0.05, 0.1) is 19.6 Å². The molecule has 2 atom stereocenters. The van der Waals surface area contributed by atoms with E-state index in [0.29, 0.717) is 0 Å². The van der Waals surface area contributed by atoms with Crippen LogP contribution in [0.3, 0.4) is 0 Å². The van der Waals surface area contributed by atoms with E-state index in [1.807, 2.05) is 19.1 Å². The second kappa shape index (κ2) is 5.12. The molecule has 0 heterocycles. The van der Waals surface area contributed by atoms with Crippen LogP contribution in [0.25, 0.3) is 0 Å². The van der Waals surface area contributed by atoms with Crippen molar-refractivity contribution in [3.8, 4) is 5.75 Å². The Morgan fingerprint density at radius 1 is 1.20 bits per heavy atom. The minimum Gasteiger partial charge on any atom is -0.496 e. The molecule has 3 heteroatoms. The van der Waals surface area contributed by atoms with E-state index in [2.05, 4.69) is 19.9 Å². The van der Waals surface area contributed by atoms with Gasteiger partial charge in [-0.05, 0) is 32.8 Å². The number of hydrogen-bond acceptors (Lipinski definition) is 3. The molecule has 0 unspecified atom stereocenters.